The minimum Gasteiger partial charge on any atom is -0.450 e. The SMILES string of the molecule is Cc1cc(=O)oc2c1ccc1oc(C(=O)NCc3ccccc3)c(-c3ccccc3)c12. The number of amides is 1. The van der Waals surface area contributed by atoms with Crippen LogP contribution in [0.2, 0.25) is 0 Å². The zero-order valence-electron chi connectivity index (χ0n) is 16.8. The van der Waals surface area contributed by atoms with Gasteiger partial charge in [0.05, 0.1) is 5.39 Å². The molecule has 152 valence electrons. The van der Waals surface area contributed by atoms with Crippen LogP contribution in [-0.4, -0.2) is 5.91 Å². The van der Waals surface area contributed by atoms with E-state index in [1.54, 1.807) is 0 Å². The molecule has 0 atom stereocenters. The summed E-state index contributed by atoms with van der Waals surface area (Å²) in [5, 5.41) is 4.36. The number of nitrogens with one attached hydrogen (secondary N) is 1. The Balaban J connectivity index is 1.72. The van der Waals surface area contributed by atoms with Crippen LogP contribution in [0.4, 0.5) is 0 Å². The number of rotatable bonds is 4. The summed E-state index contributed by atoms with van der Waals surface area (Å²) in [6.07, 6.45) is 0. The van der Waals surface area contributed by atoms with Gasteiger partial charge in [0, 0.05) is 23.6 Å². The molecule has 5 nitrogen and oxygen atoms in total. The zero-order valence-corrected chi connectivity index (χ0v) is 16.8. The highest BCUT2D eigenvalue weighted by Crippen LogP contribution is 2.39. The van der Waals surface area contributed by atoms with E-state index in [0.717, 1.165) is 22.1 Å². The summed E-state index contributed by atoms with van der Waals surface area (Å²) in [5.74, 6) is -0.143. The number of benzene rings is 3. The van der Waals surface area contributed by atoms with Gasteiger partial charge in [0.25, 0.3) is 5.91 Å². The van der Waals surface area contributed by atoms with E-state index in [2.05, 4.69) is 5.32 Å². The molecule has 0 saturated carbocycles. The van der Waals surface area contributed by atoms with Crippen LogP contribution in [0.3, 0.4) is 0 Å². The van der Waals surface area contributed by atoms with E-state index in [9.17, 15) is 9.59 Å². The number of carbonyl (C=O) groups is 1. The van der Waals surface area contributed by atoms with Crippen LogP contribution in [0, 0.1) is 6.92 Å². The Hall–Kier alpha value is -4.12. The van der Waals surface area contributed by atoms with Crippen molar-refractivity contribution in [3.05, 3.63) is 106 Å². The lowest BCUT2D eigenvalue weighted by Crippen LogP contribution is -2.22. The Kier molecular flexibility index (Phi) is 4.64. The first-order valence-electron chi connectivity index (χ1n) is 9.99. The van der Waals surface area contributed by atoms with E-state index in [1.807, 2.05) is 79.7 Å². The van der Waals surface area contributed by atoms with Crippen molar-refractivity contribution in [2.75, 3.05) is 0 Å². The monoisotopic (exact) mass is 409 g/mol. The van der Waals surface area contributed by atoms with Gasteiger partial charge in [-0.15, -0.1) is 0 Å². The largest absolute Gasteiger partial charge is 0.450 e. The van der Waals surface area contributed by atoms with Crippen molar-refractivity contribution in [1.82, 2.24) is 5.32 Å². The lowest BCUT2D eigenvalue weighted by Gasteiger charge is -2.07. The van der Waals surface area contributed by atoms with Crippen LogP contribution in [0.15, 0.2) is 92.5 Å². The molecule has 5 heteroatoms. The van der Waals surface area contributed by atoms with Gasteiger partial charge < -0.3 is 14.2 Å². The minimum absolute atomic E-state index is 0.189. The Morgan fingerprint density at radius 3 is 2.35 bits per heavy atom. The molecule has 31 heavy (non-hydrogen) atoms. The van der Waals surface area contributed by atoms with E-state index in [1.165, 1.54) is 6.07 Å². The summed E-state index contributed by atoms with van der Waals surface area (Å²) in [6, 6.07) is 24.3. The molecule has 0 saturated heterocycles. The van der Waals surface area contributed by atoms with Crippen LogP contribution < -0.4 is 10.9 Å². The fourth-order valence-corrected chi connectivity index (χ4v) is 3.86. The first-order valence-corrected chi connectivity index (χ1v) is 9.99. The molecule has 2 aromatic heterocycles. The summed E-state index contributed by atoms with van der Waals surface area (Å²) >= 11 is 0. The molecular formula is C26H19NO4. The summed E-state index contributed by atoms with van der Waals surface area (Å²) in [5.41, 5.74) is 3.69. The normalized spacial score (nSPS) is 11.1. The van der Waals surface area contributed by atoms with Crippen LogP contribution >= 0.6 is 0 Å². The summed E-state index contributed by atoms with van der Waals surface area (Å²) in [6.45, 7) is 2.24. The molecule has 0 bridgehead atoms. The first-order chi connectivity index (χ1) is 15.1. The highest BCUT2D eigenvalue weighted by molar-refractivity contribution is 6.16. The molecule has 0 unspecified atom stereocenters. The van der Waals surface area contributed by atoms with Gasteiger partial charge in [-0.1, -0.05) is 60.7 Å². The highest BCUT2D eigenvalue weighted by Gasteiger charge is 2.24. The average molecular weight is 409 g/mol. The molecule has 0 spiro atoms. The molecule has 3 aromatic carbocycles. The maximum atomic E-state index is 13.2. The van der Waals surface area contributed by atoms with Gasteiger partial charge in [-0.25, -0.2) is 4.79 Å². The summed E-state index contributed by atoms with van der Waals surface area (Å²) in [4.78, 5) is 25.3. The molecule has 0 radical (unpaired) electrons. The maximum absolute atomic E-state index is 13.2. The standard InChI is InChI=1S/C26H19NO4/c1-16-14-21(28)31-24-19(16)12-13-20-23(24)22(18-10-6-3-7-11-18)25(30-20)26(29)27-15-17-8-4-2-5-9-17/h2-14H,15H2,1H3,(H,27,29). The Bertz CT molecular complexity index is 1460. The highest BCUT2D eigenvalue weighted by atomic mass is 16.4. The van der Waals surface area contributed by atoms with Gasteiger partial charge in [0.2, 0.25) is 5.76 Å². The molecule has 5 aromatic rings. The molecule has 5 rings (SSSR count). The second-order valence-corrected chi connectivity index (χ2v) is 7.40. The predicted octanol–water partition coefficient (Wildman–Crippen LogP) is 5.44. The third-order valence-corrected chi connectivity index (χ3v) is 5.33. The molecule has 0 aliphatic heterocycles. The van der Waals surface area contributed by atoms with Gasteiger partial charge in [-0.05, 0) is 35.7 Å². The van der Waals surface area contributed by atoms with Crippen LogP contribution in [-0.2, 0) is 6.54 Å². The molecule has 2 heterocycles. The Labute approximate surface area is 177 Å². The van der Waals surface area contributed by atoms with Crippen LogP contribution in [0.5, 0.6) is 0 Å². The molecule has 0 aliphatic rings. The molecule has 0 fully saturated rings. The Morgan fingerprint density at radius 2 is 1.61 bits per heavy atom. The van der Waals surface area contributed by atoms with Gasteiger partial charge in [0.1, 0.15) is 11.2 Å². The van der Waals surface area contributed by atoms with Gasteiger partial charge in [-0.3, -0.25) is 4.79 Å². The van der Waals surface area contributed by atoms with Gasteiger partial charge in [0.15, 0.2) is 0 Å². The second kappa shape index (κ2) is 7.61. The van der Waals surface area contributed by atoms with Crippen molar-refractivity contribution in [2.45, 2.75) is 13.5 Å². The lowest BCUT2D eigenvalue weighted by atomic mass is 9.99. The average Bonchev–Trinajstić information content (AvgIpc) is 3.19. The maximum Gasteiger partial charge on any atom is 0.336 e. The number of fused-ring (bicyclic) bond motifs is 3. The van der Waals surface area contributed by atoms with Crippen molar-refractivity contribution in [3.8, 4) is 11.1 Å². The van der Waals surface area contributed by atoms with Gasteiger partial charge >= 0.3 is 5.63 Å². The number of furan rings is 1. The van der Waals surface area contributed by atoms with Crippen molar-refractivity contribution >= 4 is 27.8 Å². The Morgan fingerprint density at radius 1 is 0.903 bits per heavy atom. The lowest BCUT2D eigenvalue weighted by molar-refractivity contribution is 0.0926. The fourth-order valence-electron chi connectivity index (χ4n) is 3.86. The predicted molar refractivity (Wildman–Crippen MR) is 120 cm³/mol. The van der Waals surface area contributed by atoms with Crippen molar-refractivity contribution in [2.24, 2.45) is 0 Å². The third-order valence-electron chi connectivity index (χ3n) is 5.33. The molecule has 0 aliphatic carbocycles. The van der Waals surface area contributed by atoms with Crippen LogP contribution in [0.25, 0.3) is 33.1 Å². The third kappa shape index (κ3) is 3.40. The quantitative estimate of drug-likeness (QED) is 0.401. The number of aryl methyl sites for hydroxylation is 1. The van der Waals surface area contributed by atoms with E-state index < -0.39 is 5.63 Å². The van der Waals surface area contributed by atoms with E-state index >= 15 is 0 Å². The van der Waals surface area contributed by atoms with Crippen molar-refractivity contribution < 1.29 is 13.6 Å². The van der Waals surface area contributed by atoms with Gasteiger partial charge in [-0.2, -0.15) is 0 Å². The second-order valence-electron chi connectivity index (χ2n) is 7.40. The van der Waals surface area contributed by atoms with E-state index in [-0.39, 0.29) is 11.7 Å². The first kappa shape index (κ1) is 18.9. The fraction of sp³-hybridized carbons (Fsp3) is 0.0769. The minimum atomic E-state index is -0.437. The summed E-state index contributed by atoms with van der Waals surface area (Å²) < 4.78 is 11.6. The zero-order chi connectivity index (χ0) is 21.4. The van der Waals surface area contributed by atoms with Crippen molar-refractivity contribution in [3.63, 3.8) is 0 Å². The van der Waals surface area contributed by atoms with E-state index in [4.69, 9.17) is 8.83 Å². The molecular weight excluding hydrogens is 390 g/mol. The number of carbonyl (C=O) groups excluding carboxylic acids is 1. The number of hydrogen-bond donors (Lipinski definition) is 1. The smallest absolute Gasteiger partial charge is 0.336 e. The van der Waals surface area contributed by atoms with E-state index in [0.29, 0.717) is 28.7 Å². The topological polar surface area (TPSA) is 72.5 Å². The van der Waals surface area contributed by atoms with Crippen molar-refractivity contribution in [1.29, 1.82) is 0 Å². The summed E-state index contributed by atoms with van der Waals surface area (Å²) in [7, 11) is 0. The molecule has 1 amide bonds. The van der Waals surface area contributed by atoms with Crippen LogP contribution in [0.1, 0.15) is 21.7 Å². The number of hydrogen-bond acceptors (Lipinski definition) is 4. The molecule has 1 N–H and O–H groups in total.